The summed E-state index contributed by atoms with van der Waals surface area (Å²) in [5.74, 6) is 0. The molecule has 3 heteroatoms. The largest absolute Gasteiger partial charge is 0.422 e. The van der Waals surface area contributed by atoms with Crippen LogP contribution in [0.4, 0.5) is 0 Å². The van der Waals surface area contributed by atoms with E-state index in [2.05, 4.69) is 30.1 Å². The first-order valence-corrected chi connectivity index (χ1v) is 9.48. The normalized spacial score (nSPS) is 11.3. The summed E-state index contributed by atoms with van der Waals surface area (Å²) in [6, 6.07) is 26.1. The molecule has 0 saturated heterocycles. The maximum absolute atomic E-state index is 13.0. The van der Waals surface area contributed by atoms with Crippen LogP contribution >= 0.6 is 0 Å². The average Bonchev–Trinajstić information content (AvgIpc) is 3.16. The zero-order valence-corrected chi connectivity index (χ0v) is 15.5. The molecule has 0 aliphatic heterocycles. The summed E-state index contributed by atoms with van der Waals surface area (Å²) >= 11 is 0. The Kier molecular flexibility index (Phi) is 3.87. The van der Waals surface area contributed by atoms with E-state index in [0.29, 0.717) is 11.0 Å². The zero-order chi connectivity index (χ0) is 19.1. The number of H-pyrrole nitrogens is 1. The molecule has 0 aliphatic carbocycles. The fraction of sp³-hybridized carbons (Fsp3) is 0.0800. The van der Waals surface area contributed by atoms with E-state index < -0.39 is 0 Å². The van der Waals surface area contributed by atoms with Crippen molar-refractivity contribution < 1.29 is 4.42 Å². The number of hydrogen-bond acceptors (Lipinski definition) is 2. The third kappa shape index (κ3) is 2.55. The molecule has 0 saturated carbocycles. The average molecular weight is 365 g/mol. The van der Waals surface area contributed by atoms with Gasteiger partial charge in [0.15, 0.2) is 0 Å². The van der Waals surface area contributed by atoms with Crippen LogP contribution in [0.5, 0.6) is 0 Å². The lowest BCUT2D eigenvalue weighted by Gasteiger charge is -2.05. The predicted molar refractivity (Wildman–Crippen MR) is 115 cm³/mol. The molecule has 28 heavy (non-hydrogen) atoms. The summed E-state index contributed by atoms with van der Waals surface area (Å²) in [4.78, 5) is 16.6. The van der Waals surface area contributed by atoms with E-state index in [0.717, 1.165) is 39.7 Å². The van der Waals surface area contributed by atoms with Gasteiger partial charge in [0.2, 0.25) is 0 Å². The Labute approximate surface area is 162 Å². The highest BCUT2D eigenvalue weighted by atomic mass is 16.4. The fourth-order valence-electron chi connectivity index (χ4n) is 3.85. The van der Waals surface area contributed by atoms with Crippen molar-refractivity contribution in [2.75, 3.05) is 0 Å². The Morgan fingerprint density at radius 2 is 1.54 bits per heavy atom. The van der Waals surface area contributed by atoms with Crippen molar-refractivity contribution in [1.82, 2.24) is 4.98 Å². The van der Waals surface area contributed by atoms with Crippen molar-refractivity contribution >= 4 is 21.9 Å². The topological polar surface area (TPSA) is 46.0 Å². The van der Waals surface area contributed by atoms with Crippen molar-refractivity contribution in [2.24, 2.45) is 0 Å². The van der Waals surface area contributed by atoms with Gasteiger partial charge in [-0.25, -0.2) is 4.79 Å². The van der Waals surface area contributed by atoms with Gasteiger partial charge in [0.1, 0.15) is 5.58 Å². The minimum absolute atomic E-state index is 0.316. The number of nitrogens with one attached hydrogen (secondary N) is 1. The van der Waals surface area contributed by atoms with Gasteiger partial charge in [-0.2, -0.15) is 0 Å². The zero-order valence-electron chi connectivity index (χ0n) is 15.5. The van der Waals surface area contributed by atoms with Crippen LogP contribution in [0, 0.1) is 0 Å². The molecule has 0 aliphatic rings. The van der Waals surface area contributed by atoms with Gasteiger partial charge in [0, 0.05) is 10.9 Å². The molecule has 2 heterocycles. The lowest BCUT2D eigenvalue weighted by atomic mass is 9.98. The van der Waals surface area contributed by atoms with E-state index in [9.17, 15) is 4.79 Å². The molecule has 0 fully saturated rings. The van der Waals surface area contributed by atoms with Crippen molar-refractivity contribution in [3.63, 3.8) is 0 Å². The molecular weight excluding hydrogens is 346 g/mol. The van der Waals surface area contributed by atoms with E-state index in [1.165, 1.54) is 5.56 Å². The van der Waals surface area contributed by atoms with Crippen LogP contribution in [0.15, 0.2) is 88.1 Å². The SMILES string of the molecule is CCc1ccc2oc(=O)c3c(-c4ccccc4)c(-c4ccccc4)[nH]c3c2c1. The lowest BCUT2D eigenvalue weighted by molar-refractivity contribution is 0.570. The molecule has 5 aromatic rings. The molecule has 0 amide bonds. The van der Waals surface area contributed by atoms with Gasteiger partial charge < -0.3 is 9.40 Å². The molecule has 3 nitrogen and oxygen atoms in total. The third-order valence-corrected chi connectivity index (χ3v) is 5.25. The molecule has 1 N–H and O–H groups in total. The first-order valence-electron chi connectivity index (χ1n) is 9.48. The van der Waals surface area contributed by atoms with Crippen LogP contribution in [0.25, 0.3) is 44.3 Å². The summed E-state index contributed by atoms with van der Waals surface area (Å²) in [6.45, 7) is 2.12. The minimum atomic E-state index is -0.316. The van der Waals surface area contributed by atoms with Crippen LogP contribution in [0.3, 0.4) is 0 Å². The molecule has 136 valence electrons. The number of aromatic amines is 1. The highest BCUT2D eigenvalue weighted by Crippen LogP contribution is 2.39. The quantitative estimate of drug-likeness (QED) is 0.389. The first-order chi connectivity index (χ1) is 13.8. The van der Waals surface area contributed by atoms with Crippen molar-refractivity contribution in [3.8, 4) is 22.4 Å². The maximum Gasteiger partial charge on any atom is 0.346 e. The highest BCUT2D eigenvalue weighted by molar-refractivity contribution is 6.12. The second kappa shape index (κ2) is 6.54. The standard InChI is InChI=1S/C25H19NO2/c1-2-16-13-14-20-19(15-16)24-22(25(27)28-20)21(17-9-5-3-6-10-17)23(26-24)18-11-7-4-8-12-18/h3-15,26H,2H2,1H3. The Balaban J connectivity index is 1.97. The number of hydrogen-bond donors (Lipinski definition) is 1. The van der Waals surface area contributed by atoms with Crippen LogP contribution in [0.2, 0.25) is 0 Å². The van der Waals surface area contributed by atoms with Gasteiger partial charge in [-0.05, 0) is 35.2 Å². The number of benzene rings is 3. The van der Waals surface area contributed by atoms with Crippen LogP contribution in [-0.4, -0.2) is 4.98 Å². The molecule has 3 aromatic carbocycles. The van der Waals surface area contributed by atoms with Crippen LogP contribution in [0.1, 0.15) is 12.5 Å². The number of aromatic nitrogens is 1. The van der Waals surface area contributed by atoms with Crippen molar-refractivity contribution in [1.29, 1.82) is 0 Å². The van der Waals surface area contributed by atoms with E-state index >= 15 is 0 Å². The second-order valence-electron chi connectivity index (χ2n) is 6.93. The molecule has 0 atom stereocenters. The maximum atomic E-state index is 13.0. The molecule has 2 aromatic heterocycles. The Morgan fingerprint density at radius 1 is 0.857 bits per heavy atom. The monoisotopic (exact) mass is 365 g/mol. The van der Waals surface area contributed by atoms with E-state index in [1.54, 1.807) is 0 Å². The van der Waals surface area contributed by atoms with Gasteiger partial charge in [-0.3, -0.25) is 0 Å². The summed E-state index contributed by atoms with van der Waals surface area (Å²) in [5, 5.41) is 1.54. The third-order valence-electron chi connectivity index (χ3n) is 5.25. The van der Waals surface area contributed by atoms with Crippen molar-refractivity contribution in [2.45, 2.75) is 13.3 Å². The summed E-state index contributed by atoms with van der Waals surface area (Å²) < 4.78 is 5.71. The smallest absolute Gasteiger partial charge is 0.346 e. The van der Waals surface area contributed by atoms with E-state index in [1.807, 2.05) is 60.7 Å². The highest BCUT2D eigenvalue weighted by Gasteiger charge is 2.20. The van der Waals surface area contributed by atoms with Crippen LogP contribution < -0.4 is 5.63 Å². The summed E-state index contributed by atoms with van der Waals surface area (Å²) in [5.41, 5.74) is 6.18. The molecule has 0 spiro atoms. The van der Waals surface area contributed by atoms with Crippen LogP contribution in [-0.2, 0) is 6.42 Å². The van der Waals surface area contributed by atoms with Crippen molar-refractivity contribution in [3.05, 3.63) is 94.8 Å². The second-order valence-corrected chi connectivity index (χ2v) is 6.93. The van der Waals surface area contributed by atoms with Gasteiger partial charge in [0.25, 0.3) is 0 Å². The summed E-state index contributed by atoms with van der Waals surface area (Å²) in [6.07, 6.45) is 0.925. The van der Waals surface area contributed by atoms with Gasteiger partial charge in [-0.15, -0.1) is 0 Å². The Hall–Kier alpha value is -3.59. The Bertz CT molecular complexity index is 1350. The molecule has 0 unspecified atom stereocenters. The van der Waals surface area contributed by atoms with E-state index in [-0.39, 0.29) is 5.63 Å². The minimum Gasteiger partial charge on any atom is -0.422 e. The van der Waals surface area contributed by atoms with Gasteiger partial charge in [-0.1, -0.05) is 73.7 Å². The number of rotatable bonds is 3. The lowest BCUT2D eigenvalue weighted by Crippen LogP contribution is -2.00. The van der Waals surface area contributed by atoms with Gasteiger partial charge in [0.05, 0.1) is 16.6 Å². The molecule has 5 rings (SSSR count). The molecular formula is C25H19NO2. The fourth-order valence-corrected chi connectivity index (χ4v) is 3.85. The number of fused-ring (bicyclic) bond motifs is 3. The van der Waals surface area contributed by atoms with Gasteiger partial charge >= 0.3 is 5.63 Å². The molecule has 0 radical (unpaired) electrons. The number of aryl methyl sites for hydroxylation is 1. The predicted octanol–water partition coefficient (Wildman–Crippen LogP) is 6.17. The Morgan fingerprint density at radius 3 is 2.21 bits per heavy atom. The first kappa shape index (κ1) is 16.6. The summed E-state index contributed by atoms with van der Waals surface area (Å²) in [7, 11) is 0. The van der Waals surface area contributed by atoms with E-state index in [4.69, 9.17) is 4.42 Å². The molecule has 0 bridgehead atoms.